The predicted molar refractivity (Wildman–Crippen MR) is 142 cm³/mol. The molecule has 1 aromatic rings. The molecule has 0 heterocycles. The maximum absolute atomic E-state index is 2.34. The zero-order valence-corrected chi connectivity index (χ0v) is 21.6. The normalized spacial score (nSPS) is 11.3. The molecule has 31 heavy (non-hydrogen) atoms. The second-order valence-electron chi connectivity index (χ2n) is 10.2. The smallest absolute Gasteiger partial charge is 0.0279 e. The summed E-state index contributed by atoms with van der Waals surface area (Å²) < 4.78 is 0. The molecule has 0 bridgehead atoms. The van der Waals surface area contributed by atoms with Gasteiger partial charge in [0.25, 0.3) is 0 Å². The van der Waals surface area contributed by atoms with Gasteiger partial charge in [0.2, 0.25) is 0 Å². The number of rotatable bonds is 23. The Morgan fingerprint density at radius 3 is 1.16 bits per heavy atom. The average molecular weight is 429 g/mol. The van der Waals surface area contributed by atoms with Crippen molar-refractivity contribution < 1.29 is 0 Å². The summed E-state index contributed by atoms with van der Waals surface area (Å²) in [4.78, 5) is 0. The molecule has 0 aliphatic carbocycles. The molecule has 0 heteroatoms. The van der Waals surface area contributed by atoms with E-state index in [1.807, 2.05) is 0 Å². The Balaban J connectivity index is 1.68. The number of unbranched alkanes of at least 4 members (excludes halogenated alkanes) is 21. The maximum Gasteiger partial charge on any atom is -0.0279 e. The minimum atomic E-state index is 1.26. The van der Waals surface area contributed by atoms with E-state index in [0.717, 1.165) is 0 Å². The molecule has 0 aliphatic heterocycles. The van der Waals surface area contributed by atoms with Crippen LogP contribution in [0.4, 0.5) is 0 Å². The van der Waals surface area contributed by atoms with Gasteiger partial charge >= 0.3 is 0 Å². The first-order chi connectivity index (χ1) is 15.3. The number of benzene rings is 1. The van der Waals surface area contributed by atoms with Crippen LogP contribution >= 0.6 is 0 Å². The summed E-state index contributed by atoms with van der Waals surface area (Å²) in [5.41, 5.74) is 2.92. The molecule has 1 rings (SSSR count). The summed E-state index contributed by atoms with van der Waals surface area (Å²) in [6.07, 6.45) is 33.4. The van der Waals surface area contributed by atoms with Crippen molar-refractivity contribution in [2.75, 3.05) is 0 Å². The first kappa shape index (κ1) is 28.3. The second-order valence-corrected chi connectivity index (χ2v) is 10.2. The van der Waals surface area contributed by atoms with Gasteiger partial charge in [0.15, 0.2) is 0 Å². The number of aryl methyl sites for hydroxylation is 2. The van der Waals surface area contributed by atoms with E-state index in [0.29, 0.717) is 0 Å². The molecule has 0 amide bonds. The average Bonchev–Trinajstić information content (AvgIpc) is 2.77. The molecule has 0 aliphatic rings. The highest BCUT2D eigenvalue weighted by Gasteiger charge is 1.97. The first-order valence-electron chi connectivity index (χ1n) is 14.4. The molecule has 180 valence electrons. The fourth-order valence-electron chi connectivity index (χ4n) is 4.81. The fourth-order valence-corrected chi connectivity index (χ4v) is 4.81. The lowest BCUT2D eigenvalue weighted by molar-refractivity contribution is 0.519. The van der Waals surface area contributed by atoms with Crippen LogP contribution in [0, 0.1) is 6.92 Å². The lowest BCUT2D eigenvalue weighted by atomic mass is 10.0. The number of hydrogen-bond acceptors (Lipinski definition) is 0. The molecule has 0 fully saturated rings. The highest BCUT2D eigenvalue weighted by atomic mass is 14.0. The number of hydrogen-bond donors (Lipinski definition) is 0. The van der Waals surface area contributed by atoms with Crippen molar-refractivity contribution in [3.63, 3.8) is 0 Å². The van der Waals surface area contributed by atoms with Gasteiger partial charge in [-0.05, 0) is 25.3 Å². The van der Waals surface area contributed by atoms with Crippen LogP contribution in [0.1, 0.15) is 159 Å². The fraction of sp³-hybridized carbons (Fsp3) is 0.806. The summed E-state index contributed by atoms with van der Waals surface area (Å²) in [6, 6.07) is 9.02. The summed E-state index contributed by atoms with van der Waals surface area (Å²) >= 11 is 0. The molecule has 0 unspecified atom stereocenters. The molecule has 0 spiro atoms. The highest BCUT2D eigenvalue weighted by Crippen LogP contribution is 2.16. The first-order valence-corrected chi connectivity index (χ1v) is 14.4. The highest BCUT2D eigenvalue weighted by molar-refractivity contribution is 5.22. The molecular formula is C31H56. The second kappa shape index (κ2) is 22.4. The van der Waals surface area contributed by atoms with Crippen molar-refractivity contribution in [3.8, 4) is 0 Å². The molecular weight excluding hydrogens is 372 g/mol. The van der Waals surface area contributed by atoms with Crippen molar-refractivity contribution in [1.29, 1.82) is 0 Å². The minimum absolute atomic E-state index is 1.26. The van der Waals surface area contributed by atoms with Crippen molar-refractivity contribution in [2.24, 2.45) is 0 Å². The van der Waals surface area contributed by atoms with Gasteiger partial charge in [0.05, 0.1) is 0 Å². The molecule has 0 atom stereocenters. The third-order valence-electron chi connectivity index (χ3n) is 6.90. The van der Waals surface area contributed by atoms with Gasteiger partial charge in [-0.3, -0.25) is 0 Å². The van der Waals surface area contributed by atoms with Crippen LogP contribution in [0.5, 0.6) is 0 Å². The Bertz CT molecular complexity index is 475. The van der Waals surface area contributed by atoms with Crippen LogP contribution in [0.25, 0.3) is 0 Å². The topological polar surface area (TPSA) is 0 Å². The van der Waals surface area contributed by atoms with Gasteiger partial charge in [-0.1, -0.05) is 172 Å². The van der Waals surface area contributed by atoms with Crippen LogP contribution in [0.15, 0.2) is 24.3 Å². The van der Waals surface area contributed by atoms with Crippen LogP contribution in [0.2, 0.25) is 0 Å². The van der Waals surface area contributed by atoms with E-state index in [-0.39, 0.29) is 0 Å². The van der Waals surface area contributed by atoms with Gasteiger partial charge in [0.1, 0.15) is 0 Å². The zero-order chi connectivity index (χ0) is 22.2. The van der Waals surface area contributed by atoms with Crippen LogP contribution in [-0.2, 0) is 6.42 Å². The third-order valence-corrected chi connectivity index (χ3v) is 6.90. The lowest BCUT2D eigenvalue weighted by Gasteiger charge is -2.05. The van der Waals surface area contributed by atoms with Crippen LogP contribution in [0.3, 0.4) is 0 Å². The standard InChI is InChI=1S/C31H56/c1-3-4-5-6-7-8-9-10-11-12-13-14-15-16-17-18-19-20-21-22-23-24-27-31-28-25-26-30(2)29-31/h25-26,28-29H,3-24,27H2,1-2H3. The summed E-state index contributed by atoms with van der Waals surface area (Å²) in [7, 11) is 0. The summed E-state index contributed by atoms with van der Waals surface area (Å²) in [5, 5.41) is 0. The van der Waals surface area contributed by atoms with Crippen molar-refractivity contribution in [3.05, 3.63) is 35.4 Å². The predicted octanol–water partition coefficient (Wildman–Crippen LogP) is 11.1. The van der Waals surface area contributed by atoms with E-state index in [1.54, 1.807) is 0 Å². The van der Waals surface area contributed by atoms with Gasteiger partial charge < -0.3 is 0 Å². The molecule has 0 saturated heterocycles. The van der Waals surface area contributed by atoms with Crippen molar-refractivity contribution in [2.45, 2.75) is 162 Å². The largest absolute Gasteiger partial charge is 0.0654 e. The Kier molecular flexibility index (Phi) is 20.4. The summed E-state index contributed by atoms with van der Waals surface area (Å²) in [5.74, 6) is 0. The van der Waals surface area contributed by atoms with Crippen molar-refractivity contribution >= 4 is 0 Å². The van der Waals surface area contributed by atoms with Crippen LogP contribution < -0.4 is 0 Å². The van der Waals surface area contributed by atoms with Crippen molar-refractivity contribution in [1.82, 2.24) is 0 Å². The Labute approximate surface area is 197 Å². The Morgan fingerprint density at radius 1 is 0.452 bits per heavy atom. The molecule has 0 radical (unpaired) electrons. The monoisotopic (exact) mass is 428 g/mol. The van der Waals surface area contributed by atoms with E-state index >= 15 is 0 Å². The minimum Gasteiger partial charge on any atom is -0.0654 e. The summed E-state index contributed by atoms with van der Waals surface area (Å²) in [6.45, 7) is 4.50. The van der Waals surface area contributed by atoms with E-state index in [2.05, 4.69) is 38.1 Å². The molecule has 0 aromatic heterocycles. The van der Waals surface area contributed by atoms with E-state index < -0.39 is 0 Å². The lowest BCUT2D eigenvalue weighted by Crippen LogP contribution is -1.87. The van der Waals surface area contributed by atoms with Gasteiger partial charge in [-0.2, -0.15) is 0 Å². The molecule has 0 N–H and O–H groups in total. The Morgan fingerprint density at radius 2 is 0.806 bits per heavy atom. The molecule has 1 aromatic carbocycles. The SMILES string of the molecule is CCCCCCCCCCCCCCCCCCCCCCCCc1cccc(C)c1. The third kappa shape index (κ3) is 19.6. The van der Waals surface area contributed by atoms with Gasteiger partial charge in [-0.15, -0.1) is 0 Å². The maximum atomic E-state index is 2.34. The van der Waals surface area contributed by atoms with E-state index in [4.69, 9.17) is 0 Å². The molecule has 0 nitrogen and oxygen atoms in total. The van der Waals surface area contributed by atoms with Gasteiger partial charge in [0, 0.05) is 0 Å². The van der Waals surface area contributed by atoms with E-state index in [1.165, 1.54) is 159 Å². The zero-order valence-electron chi connectivity index (χ0n) is 21.6. The molecule has 0 saturated carbocycles. The van der Waals surface area contributed by atoms with E-state index in [9.17, 15) is 0 Å². The van der Waals surface area contributed by atoms with Crippen LogP contribution in [-0.4, -0.2) is 0 Å². The Hall–Kier alpha value is -0.780. The quantitative estimate of drug-likeness (QED) is 0.152. The van der Waals surface area contributed by atoms with Gasteiger partial charge in [-0.25, -0.2) is 0 Å².